The summed E-state index contributed by atoms with van der Waals surface area (Å²) in [6.07, 6.45) is 37.2. The Morgan fingerprint density at radius 1 is 0.431 bits per heavy atom. The first-order chi connectivity index (χ1) is 28.4. The van der Waals surface area contributed by atoms with Gasteiger partial charge in [-0.2, -0.15) is 0 Å². The van der Waals surface area contributed by atoms with E-state index < -0.39 is 0 Å². The number of carbonyl (C=O) groups is 3. The van der Waals surface area contributed by atoms with Crippen molar-refractivity contribution in [2.24, 2.45) is 11.8 Å². The number of rotatable bonds is 43. The third-order valence-electron chi connectivity index (χ3n) is 12.3. The van der Waals surface area contributed by atoms with Gasteiger partial charge >= 0.3 is 11.9 Å². The highest BCUT2D eigenvalue weighted by atomic mass is 16.5. The molecule has 0 N–H and O–H groups in total. The Morgan fingerprint density at radius 2 is 0.776 bits per heavy atom. The van der Waals surface area contributed by atoms with Gasteiger partial charge in [0.05, 0.1) is 25.4 Å². The fraction of sp³-hybridized carbons (Fsp3) is 0.940. The average molecular weight is 823 g/mol. The van der Waals surface area contributed by atoms with Gasteiger partial charge in [-0.15, -0.1) is 0 Å². The van der Waals surface area contributed by atoms with Crippen LogP contribution in [0.1, 0.15) is 246 Å². The van der Waals surface area contributed by atoms with Gasteiger partial charge in [0.25, 0.3) is 6.47 Å². The maximum atomic E-state index is 12.3. The summed E-state index contributed by atoms with van der Waals surface area (Å²) in [5.74, 6) is 1.32. The van der Waals surface area contributed by atoms with Crippen LogP contribution in [0.15, 0.2) is 0 Å². The quantitative estimate of drug-likeness (QED) is 0.0260. The van der Waals surface area contributed by atoms with Crippen molar-refractivity contribution in [2.75, 3.05) is 26.4 Å². The minimum absolute atomic E-state index is 0.0313. The van der Waals surface area contributed by atoms with Gasteiger partial charge < -0.3 is 23.7 Å². The molecule has 0 aromatic heterocycles. The molecule has 1 aliphatic rings. The molecule has 1 rings (SSSR count). The Hall–Kier alpha value is -1.67. The predicted molar refractivity (Wildman–Crippen MR) is 239 cm³/mol. The lowest BCUT2D eigenvalue weighted by Crippen LogP contribution is -2.37. The Balaban J connectivity index is 2.11. The van der Waals surface area contributed by atoms with E-state index in [1.165, 1.54) is 103 Å². The number of hydrogen-bond acceptors (Lipinski definition) is 8. The van der Waals surface area contributed by atoms with Crippen LogP contribution in [-0.2, 0) is 38.1 Å². The average Bonchev–Trinajstić information content (AvgIpc) is 3.21. The van der Waals surface area contributed by atoms with E-state index in [9.17, 15) is 14.4 Å². The summed E-state index contributed by atoms with van der Waals surface area (Å²) >= 11 is 0. The number of carbonyl (C=O) groups excluding carboxylic acids is 3. The summed E-state index contributed by atoms with van der Waals surface area (Å²) in [6.45, 7) is 12.1. The number of unbranched alkanes of at least 4 members (excludes halogenated alkanes) is 17. The van der Waals surface area contributed by atoms with Crippen LogP contribution < -0.4 is 0 Å². The first-order valence-corrected chi connectivity index (χ1v) is 25.1. The summed E-state index contributed by atoms with van der Waals surface area (Å²) in [6, 6.07) is 0. The van der Waals surface area contributed by atoms with E-state index in [0.717, 1.165) is 103 Å². The van der Waals surface area contributed by atoms with Crippen molar-refractivity contribution in [3.63, 3.8) is 0 Å². The number of esters is 2. The lowest BCUT2D eigenvalue weighted by Gasteiger charge is -2.33. The SMILES string of the molecule is CCCCCC(CCCCC)CCOC(=O)CCCCCCCCOC1CC(OC=O)CC(OCCCCCCCC(=O)OCCC(CCCCC)CCCCC)C1. The van der Waals surface area contributed by atoms with Gasteiger partial charge in [0, 0.05) is 45.3 Å². The molecule has 8 nitrogen and oxygen atoms in total. The minimum atomic E-state index is -0.154. The maximum Gasteiger partial charge on any atom is 0.305 e. The fourth-order valence-electron chi connectivity index (χ4n) is 8.53. The number of hydrogen-bond donors (Lipinski definition) is 0. The lowest BCUT2D eigenvalue weighted by molar-refractivity contribution is -0.145. The van der Waals surface area contributed by atoms with Crippen molar-refractivity contribution in [1.29, 1.82) is 0 Å². The topological polar surface area (TPSA) is 97.4 Å². The Kier molecular flexibility index (Phi) is 38.2. The molecule has 3 unspecified atom stereocenters. The summed E-state index contributed by atoms with van der Waals surface area (Å²) in [5, 5.41) is 0. The monoisotopic (exact) mass is 823 g/mol. The molecular formula is C50H94O8. The molecule has 0 aliphatic heterocycles. The molecular weight excluding hydrogens is 729 g/mol. The minimum Gasteiger partial charge on any atom is -0.466 e. The van der Waals surface area contributed by atoms with E-state index in [1.54, 1.807) is 0 Å². The number of ether oxygens (including phenoxy) is 5. The first kappa shape index (κ1) is 54.3. The summed E-state index contributed by atoms with van der Waals surface area (Å²) in [4.78, 5) is 35.7. The van der Waals surface area contributed by atoms with Crippen molar-refractivity contribution >= 4 is 18.4 Å². The van der Waals surface area contributed by atoms with Crippen LogP contribution in [0, 0.1) is 11.8 Å². The fourth-order valence-corrected chi connectivity index (χ4v) is 8.53. The summed E-state index contributed by atoms with van der Waals surface area (Å²) in [5.41, 5.74) is 0. The Morgan fingerprint density at radius 3 is 1.14 bits per heavy atom. The predicted octanol–water partition coefficient (Wildman–Crippen LogP) is 14.0. The van der Waals surface area contributed by atoms with E-state index in [0.29, 0.717) is 57.6 Å². The van der Waals surface area contributed by atoms with Crippen LogP contribution in [-0.4, -0.2) is 63.2 Å². The largest absolute Gasteiger partial charge is 0.466 e. The molecule has 0 bridgehead atoms. The summed E-state index contributed by atoms with van der Waals surface area (Å²) < 4.78 is 29.1. The van der Waals surface area contributed by atoms with Gasteiger partial charge in [0.2, 0.25) is 0 Å². The molecule has 1 saturated carbocycles. The zero-order valence-corrected chi connectivity index (χ0v) is 38.6. The van der Waals surface area contributed by atoms with Crippen LogP contribution in [0.3, 0.4) is 0 Å². The van der Waals surface area contributed by atoms with E-state index >= 15 is 0 Å². The third-order valence-corrected chi connectivity index (χ3v) is 12.3. The molecule has 1 aliphatic carbocycles. The molecule has 342 valence electrons. The van der Waals surface area contributed by atoms with Gasteiger partial charge in [-0.3, -0.25) is 14.4 Å². The molecule has 1 fully saturated rings. The Bertz CT molecular complexity index is 907. The maximum absolute atomic E-state index is 12.3. The molecule has 0 spiro atoms. The van der Waals surface area contributed by atoms with Crippen molar-refractivity contribution in [2.45, 2.75) is 264 Å². The highest BCUT2D eigenvalue weighted by Crippen LogP contribution is 2.27. The van der Waals surface area contributed by atoms with Gasteiger partial charge in [-0.1, -0.05) is 175 Å². The molecule has 0 amide bonds. The van der Waals surface area contributed by atoms with Crippen LogP contribution >= 0.6 is 0 Å². The van der Waals surface area contributed by atoms with E-state index in [1.807, 2.05) is 0 Å². The Labute approximate surface area is 358 Å². The normalized spacial score (nSPS) is 16.9. The zero-order chi connectivity index (χ0) is 42.2. The van der Waals surface area contributed by atoms with Crippen LogP contribution in [0.5, 0.6) is 0 Å². The van der Waals surface area contributed by atoms with Gasteiger partial charge in [-0.05, 0) is 50.4 Å². The third kappa shape index (κ3) is 33.1. The zero-order valence-electron chi connectivity index (χ0n) is 38.6. The highest BCUT2D eigenvalue weighted by molar-refractivity contribution is 5.69. The lowest BCUT2D eigenvalue weighted by atomic mass is 9.92. The van der Waals surface area contributed by atoms with Crippen LogP contribution in [0.2, 0.25) is 0 Å². The van der Waals surface area contributed by atoms with Crippen molar-refractivity contribution in [3.05, 3.63) is 0 Å². The van der Waals surface area contributed by atoms with E-state index in [-0.39, 0.29) is 30.3 Å². The molecule has 8 heteroatoms. The molecule has 0 heterocycles. The van der Waals surface area contributed by atoms with Crippen LogP contribution in [0.4, 0.5) is 0 Å². The standard InChI is InChI=1S/C50H94O8/c1-5-9-20-28-44(29-21-10-6-2)34-38-56-49(52)32-24-16-13-14-18-26-36-54-46-40-47(42-48(41-46)58-43-51)55-37-27-19-15-17-25-33-50(53)57-39-35-45(30-22-11-7-3)31-23-12-8-4/h43-48H,5-42H2,1-4H3. The van der Waals surface area contributed by atoms with Gasteiger partial charge in [-0.25, -0.2) is 0 Å². The van der Waals surface area contributed by atoms with E-state index in [2.05, 4.69) is 27.7 Å². The second kappa shape index (κ2) is 40.7. The molecule has 0 radical (unpaired) electrons. The van der Waals surface area contributed by atoms with Gasteiger partial charge in [0.1, 0.15) is 6.10 Å². The van der Waals surface area contributed by atoms with Crippen molar-refractivity contribution in [1.82, 2.24) is 0 Å². The van der Waals surface area contributed by atoms with Crippen LogP contribution in [0.25, 0.3) is 0 Å². The molecule has 58 heavy (non-hydrogen) atoms. The second-order valence-electron chi connectivity index (χ2n) is 17.7. The highest BCUT2D eigenvalue weighted by Gasteiger charge is 2.31. The molecule has 0 saturated heterocycles. The first-order valence-electron chi connectivity index (χ1n) is 25.1. The smallest absolute Gasteiger partial charge is 0.305 e. The molecule has 0 aromatic carbocycles. The second-order valence-corrected chi connectivity index (χ2v) is 17.7. The van der Waals surface area contributed by atoms with E-state index in [4.69, 9.17) is 23.7 Å². The van der Waals surface area contributed by atoms with Crippen molar-refractivity contribution in [3.8, 4) is 0 Å². The van der Waals surface area contributed by atoms with Gasteiger partial charge in [0.15, 0.2) is 0 Å². The van der Waals surface area contributed by atoms with Crippen molar-refractivity contribution < 1.29 is 38.1 Å². The molecule has 3 atom stereocenters. The molecule has 0 aromatic rings. The summed E-state index contributed by atoms with van der Waals surface area (Å²) in [7, 11) is 0.